The second kappa shape index (κ2) is 7.08. The maximum atomic E-state index is 12.3. The maximum Gasteiger partial charge on any atom is 0.215 e. The highest BCUT2D eigenvalue weighted by molar-refractivity contribution is 7.88. The minimum absolute atomic E-state index is 0.0245. The molecule has 7 heteroatoms. The summed E-state index contributed by atoms with van der Waals surface area (Å²) in [6.45, 7) is 0.271. The van der Waals surface area contributed by atoms with E-state index in [1.165, 1.54) is 0 Å². The summed E-state index contributed by atoms with van der Waals surface area (Å²) in [7, 11) is -3.40. The van der Waals surface area contributed by atoms with Crippen molar-refractivity contribution in [2.45, 2.75) is 11.8 Å². The lowest BCUT2D eigenvalue weighted by atomic mass is 10.1. The Kier molecular flexibility index (Phi) is 4.90. The summed E-state index contributed by atoms with van der Waals surface area (Å²) < 4.78 is 29.1. The summed E-state index contributed by atoms with van der Waals surface area (Å²) in [6.07, 6.45) is 3.53. The number of sulfonamides is 1. The van der Waals surface area contributed by atoms with Crippen molar-refractivity contribution in [2.75, 3.05) is 6.54 Å². The van der Waals surface area contributed by atoms with Gasteiger partial charge in [0.1, 0.15) is 0 Å². The molecule has 0 spiro atoms. The molecule has 0 saturated carbocycles. The highest BCUT2D eigenvalue weighted by Gasteiger charge is 2.19. The standard InChI is InChI=1S/C16H17N3O2S2/c20-23(21,13-14-5-2-1-3-6-14)18-11-16(15-7-10-22-12-15)19-9-4-8-17-19/h1-10,12,16,18H,11,13H2/t16-/m1/s1. The Morgan fingerprint density at radius 1 is 1.17 bits per heavy atom. The Balaban J connectivity index is 1.71. The lowest BCUT2D eigenvalue weighted by molar-refractivity contribution is 0.506. The fourth-order valence-electron chi connectivity index (χ4n) is 2.34. The molecule has 23 heavy (non-hydrogen) atoms. The van der Waals surface area contributed by atoms with E-state index in [1.54, 1.807) is 22.2 Å². The van der Waals surface area contributed by atoms with Crippen LogP contribution in [-0.2, 0) is 15.8 Å². The highest BCUT2D eigenvalue weighted by Crippen LogP contribution is 2.20. The molecule has 0 unspecified atom stereocenters. The van der Waals surface area contributed by atoms with Gasteiger partial charge in [-0.05, 0) is 34.0 Å². The van der Waals surface area contributed by atoms with E-state index in [9.17, 15) is 8.42 Å². The molecule has 0 saturated heterocycles. The van der Waals surface area contributed by atoms with Gasteiger partial charge < -0.3 is 0 Å². The van der Waals surface area contributed by atoms with Crippen molar-refractivity contribution < 1.29 is 8.42 Å². The molecule has 2 heterocycles. The first kappa shape index (κ1) is 15.9. The average Bonchev–Trinajstić information content (AvgIpc) is 3.21. The van der Waals surface area contributed by atoms with Crippen LogP contribution in [0.5, 0.6) is 0 Å². The molecule has 3 aromatic rings. The van der Waals surface area contributed by atoms with Crippen LogP contribution in [0.2, 0.25) is 0 Å². The number of benzene rings is 1. The fourth-order valence-corrected chi connectivity index (χ4v) is 4.20. The van der Waals surface area contributed by atoms with Gasteiger partial charge in [0.2, 0.25) is 10.0 Å². The lowest BCUT2D eigenvalue weighted by Gasteiger charge is -2.17. The van der Waals surface area contributed by atoms with Crippen LogP contribution in [0, 0.1) is 0 Å². The summed E-state index contributed by atoms with van der Waals surface area (Å²) in [5.41, 5.74) is 1.81. The first-order chi connectivity index (χ1) is 11.1. The van der Waals surface area contributed by atoms with Crippen LogP contribution in [0.1, 0.15) is 17.2 Å². The van der Waals surface area contributed by atoms with Crippen molar-refractivity contribution in [3.63, 3.8) is 0 Å². The summed E-state index contributed by atoms with van der Waals surface area (Å²) in [4.78, 5) is 0. The smallest absolute Gasteiger partial charge is 0.215 e. The third-order valence-corrected chi connectivity index (χ3v) is 5.49. The summed E-state index contributed by atoms with van der Waals surface area (Å²) in [5.74, 6) is -0.0245. The van der Waals surface area contributed by atoms with Crippen molar-refractivity contribution in [3.8, 4) is 0 Å². The monoisotopic (exact) mass is 347 g/mol. The zero-order valence-electron chi connectivity index (χ0n) is 12.4. The fraction of sp³-hybridized carbons (Fsp3) is 0.188. The van der Waals surface area contributed by atoms with Crippen LogP contribution in [0.15, 0.2) is 65.6 Å². The Bertz CT molecular complexity index is 779. The predicted molar refractivity (Wildman–Crippen MR) is 91.8 cm³/mol. The Morgan fingerprint density at radius 3 is 2.65 bits per heavy atom. The van der Waals surface area contributed by atoms with Gasteiger partial charge in [0.25, 0.3) is 0 Å². The molecular weight excluding hydrogens is 330 g/mol. The van der Waals surface area contributed by atoms with Crippen LogP contribution >= 0.6 is 11.3 Å². The molecular formula is C16H17N3O2S2. The van der Waals surface area contributed by atoms with Gasteiger partial charge in [-0.25, -0.2) is 13.1 Å². The summed E-state index contributed by atoms with van der Waals surface area (Å²) >= 11 is 1.58. The van der Waals surface area contributed by atoms with E-state index in [4.69, 9.17) is 0 Å². The Morgan fingerprint density at radius 2 is 2.00 bits per heavy atom. The van der Waals surface area contributed by atoms with E-state index in [2.05, 4.69) is 9.82 Å². The van der Waals surface area contributed by atoms with E-state index in [-0.39, 0.29) is 18.3 Å². The van der Waals surface area contributed by atoms with Crippen LogP contribution in [0.3, 0.4) is 0 Å². The van der Waals surface area contributed by atoms with Crippen molar-refractivity contribution >= 4 is 21.4 Å². The first-order valence-corrected chi connectivity index (χ1v) is 9.76. The molecule has 0 fully saturated rings. The van der Waals surface area contributed by atoms with Gasteiger partial charge in [0, 0.05) is 18.9 Å². The number of thiophene rings is 1. The molecule has 5 nitrogen and oxygen atoms in total. The number of nitrogens with one attached hydrogen (secondary N) is 1. The summed E-state index contributed by atoms with van der Waals surface area (Å²) in [6, 6.07) is 12.8. The van der Waals surface area contributed by atoms with Gasteiger partial charge in [-0.2, -0.15) is 16.4 Å². The third-order valence-electron chi connectivity index (χ3n) is 3.47. The van der Waals surface area contributed by atoms with Crippen LogP contribution in [-0.4, -0.2) is 24.7 Å². The second-order valence-corrected chi connectivity index (χ2v) is 7.74. The predicted octanol–water partition coefficient (Wildman–Crippen LogP) is 2.65. The third kappa shape index (κ3) is 4.28. The topological polar surface area (TPSA) is 64.0 Å². The molecule has 0 aliphatic carbocycles. The molecule has 0 aliphatic rings. The highest BCUT2D eigenvalue weighted by atomic mass is 32.2. The lowest BCUT2D eigenvalue weighted by Crippen LogP contribution is -2.32. The van der Waals surface area contributed by atoms with Crippen LogP contribution in [0.4, 0.5) is 0 Å². The molecule has 0 aliphatic heterocycles. The van der Waals surface area contributed by atoms with Crippen molar-refractivity contribution in [1.29, 1.82) is 0 Å². The molecule has 0 amide bonds. The number of hydrogen-bond donors (Lipinski definition) is 1. The molecule has 0 radical (unpaired) electrons. The molecule has 0 bridgehead atoms. The summed E-state index contributed by atoms with van der Waals surface area (Å²) in [5, 5.41) is 8.23. The number of nitrogens with zero attached hydrogens (tertiary/aromatic N) is 2. The van der Waals surface area contributed by atoms with Gasteiger partial charge in [0.15, 0.2) is 0 Å². The number of hydrogen-bond acceptors (Lipinski definition) is 4. The molecule has 3 rings (SSSR count). The maximum absolute atomic E-state index is 12.3. The number of aromatic nitrogens is 2. The van der Waals surface area contributed by atoms with Gasteiger partial charge in [-0.1, -0.05) is 30.3 Å². The van der Waals surface area contributed by atoms with Crippen LogP contribution < -0.4 is 4.72 Å². The minimum atomic E-state index is -3.40. The van der Waals surface area contributed by atoms with E-state index in [0.717, 1.165) is 11.1 Å². The van der Waals surface area contributed by atoms with Gasteiger partial charge in [-0.3, -0.25) is 4.68 Å². The molecule has 2 aromatic heterocycles. The molecule has 120 valence electrons. The Hall–Kier alpha value is -1.96. The number of rotatable bonds is 7. The minimum Gasteiger partial charge on any atom is -0.264 e. The van der Waals surface area contributed by atoms with Crippen LogP contribution in [0.25, 0.3) is 0 Å². The van der Waals surface area contributed by atoms with E-state index >= 15 is 0 Å². The van der Waals surface area contributed by atoms with Gasteiger partial charge >= 0.3 is 0 Å². The van der Waals surface area contributed by atoms with Crippen molar-refractivity contribution in [1.82, 2.24) is 14.5 Å². The normalized spacial score (nSPS) is 13.0. The Labute approximate surface area is 139 Å². The largest absolute Gasteiger partial charge is 0.264 e. The van der Waals surface area contributed by atoms with E-state index in [0.29, 0.717) is 0 Å². The van der Waals surface area contributed by atoms with Gasteiger partial charge in [-0.15, -0.1) is 0 Å². The van der Waals surface area contributed by atoms with E-state index in [1.807, 2.05) is 59.4 Å². The second-order valence-electron chi connectivity index (χ2n) is 5.15. The average molecular weight is 347 g/mol. The van der Waals surface area contributed by atoms with Crippen molar-refractivity contribution in [3.05, 3.63) is 76.7 Å². The zero-order valence-corrected chi connectivity index (χ0v) is 14.0. The first-order valence-electron chi connectivity index (χ1n) is 7.16. The van der Waals surface area contributed by atoms with Gasteiger partial charge in [0.05, 0.1) is 11.8 Å². The van der Waals surface area contributed by atoms with E-state index < -0.39 is 10.0 Å². The van der Waals surface area contributed by atoms with Crippen molar-refractivity contribution in [2.24, 2.45) is 0 Å². The zero-order chi connectivity index (χ0) is 16.1. The molecule has 1 N–H and O–H groups in total. The molecule has 1 aromatic carbocycles. The molecule has 1 atom stereocenters. The SMILES string of the molecule is O=S(=O)(Cc1ccccc1)NC[C@H](c1ccsc1)n1cccn1. The quantitative estimate of drug-likeness (QED) is 0.715.